The normalized spacial score (nSPS) is 11.1. The minimum atomic E-state index is -3.67. The van der Waals surface area contributed by atoms with Crippen LogP contribution in [0.15, 0.2) is 72.8 Å². The fourth-order valence-corrected chi connectivity index (χ4v) is 3.93. The van der Waals surface area contributed by atoms with Gasteiger partial charge in [0.05, 0.1) is 25.0 Å². The molecule has 0 saturated heterocycles. The maximum Gasteiger partial charge on any atom is 0.251 e. The van der Waals surface area contributed by atoms with E-state index in [-0.39, 0.29) is 31.2 Å². The van der Waals surface area contributed by atoms with Gasteiger partial charge in [-0.25, -0.2) is 12.8 Å². The van der Waals surface area contributed by atoms with Gasteiger partial charge in [-0.3, -0.25) is 9.10 Å². The molecule has 0 aromatic heterocycles. The smallest absolute Gasteiger partial charge is 0.251 e. The number of rotatable bonds is 9. The fraction of sp³-hybridized carbons (Fsp3) is 0.174. The first kappa shape index (κ1) is 23.6. The maximum atomic E-state index is 14.0. The Bertz CT molecular complexity index is 1170. The summed E-state index contributed by atoms with van der Waals surface area (Å²) in [5.41, 5.74) is 0.943. The zero-order valence-corrected chi connectivity index (χ0v) is 18.9. The first-order valence-corrected chi connectivity index (χ1v) is 11.9. The van der Waals surface area contributed by atoms with Crippen molar-refractivity contribution in [1.82, 2.24) is 5.32 Å². The van der Waals surface area contributed by atoms with E-state index in [4.69, 9.17) is 16.3 Å². The molecule has 32 heavy (non-hydrogen) atoms. The molecule has 1 N–H and O–H groups in total. The van der Waals surface area contributed by atoms with Gasteiger partial charge in [0.2, 0.25) is 10.0 Å². The lowest BCUT2D eigenvalue weighted by molar-refractivity contribution is 0.0947. The highest BCUT2D eigenvalue weighted by Crippen LogP contribution is 2.22. The summed E-state index contributed by atoms with van der Waals surface area (Å²) in [7, 11) is -3.67. The Balaban J connectivity index is 1.61. The van der Waals surface area contributed by atoms with E-state index in [1.807, 2.05) is 0 Å². The molecule has 3 aromatic carbocycles. The summed E-state index contributed by atoms with van der Waals surface area (Å²) in [5, 5.41) is 3.34. The number of ether oxygens (including phenoxy) is 1. The van der Waals surface area contributed by atoms with Crippen LogP contribution in [0.25, 0.3) is 0 Å². The number of carbonyl (C=O) groups is 1. The number of halogens is 2. The van der Waals surface area contributed by atoms with E-state index in [0.717, 1.165) is 10.6 Å². The lowest BCUT2D eigenvalue weighted by atomic mass is 10.1. The molecule has 3 aromatic rings. The Hall–Kier alpha value is -3.10. The molecule has 0 unspecified atom stereocenters. The van der Waals surface area contributed by atoms with Crippen LogP contribution in [-0.2, 0) is 16.6 Å². The topological polar surface area (TPSA) is 75.7 Å². The van der Waals surface area contributed by atoms with Crippen molar-refractivity contribution in [2.45, 2.75) is 6.54 Å². The van der Waals surface area contributed by atoms with Crippen molar-refractivity contribution in [2.75, 3.05) is 23.7 Å². The van der Waals surface area contributed by atoms with Crippen LogP contribution >= 0.6 is 11.6 Å². The van der Waals surface area contributed by atoms with Gasteiger partial charge in [-0.05, 0) is 54.6 Å². The third-order valence-electron chi connectivity index (χ3n) is 4.56. The summed E-state index contributed by atoms with van der Waals surface area (Å²) in [4.78, 5) is 12.3. The number of amides is 1. The number of hydrogen-bond acceptors (Lipinski definition) is 4. The highest BCUT2D eigenvalue weighted by atomic mass is 35.5. The molecule has 0 aliphatic heterocycles. The van der Waals surface area contributed by atoms with E-state index >= 15 is 0 Å². The molecule has 9 heteroatoms. The number of nitrogens with one attached hydrogen (secondary N) is 1. The van der Waals surface area contributed by atoms with Crippen molar-refractivity contribution in [1.29, 1.82) is 0 Å². The quantitative estimate of drug-likeness (QED) is 0.468. The van der Waals surface area contributed by atoms with Gasteiger partial charge in [-0.2, -0.15) is 0 Å². The monoisotopic (exact) mass is 476 g/mol. The van der Waals surface area contributed by atoms with Gasteiger partial charge in [0, 0.05) is 16.1 Å². The van der Waals surface area contributed by atoms with Crippen molar-refractivity contribution in [2.24, 2.45) is 0 Å². The molecule has 0 saturated carbocycles. The second-order valence-electron chi connectivity index (χ2n) is 6.97. The summed E-state index contributed by atoms with van der Waals surface area (Å²) in [6, 6.07) is 18.9. The molecule has 168 valence electrons. The van der Waals surface area contributed by atoms with Crippen LogP contribution in [0.4, 0.5) is 10.1 Å². The Kier molecular flexibility index (Phi) is 7.71. The molecular formula is C23H22ClFN2O4S. The Labute approximate surface area is 191 Å². The minimum absolute atomic E-state index is 0.154. The molecule has 0 aliphatic carbocycles. The number of carbonyl (C=O) groups excluding carboxylic acids is 1. The first-order valence-electron chi connectivity index (χ1n) is 9.72. The molecule has 3 rings (SSSR count). The predicted octanol–water partition coefficient (Wildman–Crippen LogP) is 4.25. The van der Waals surface area contributed by atoms with Gasteiger partial charge >= 0.3 is 0 Å². The third kappa shape index (κ3) is 6.45. The first-order chi connectivity index (χ1) is 15.2. The van der Waals surface area contributed by atoms with Crippen LogP contribution in [-0.4, -0.2) is 33.7 Å². The number of hydrogen-bond donors (Lipinski definition) is 1. The van der Waals surface area contributed by atoms with Crippen LogP contribution in [0, 0.1) is 5.82 Å². The van der Waals surface area contributed by atoms with Crippen LogP contribution in [0.1, 0.15) is 15.9 Å². The SMILES string of the molecule is CS(=O)(=O)N(Cc1ccccc1F)c1ccc(C(=O)NCCOc2ccc(Cl)cc2)cc1. The Morgan fingerprint density at radius 2 is 1.69 bits per heavy atom. The van der Waals surface area contributed by atoms with Crippen LogP contribution in [0.2, 0.25) is 5.02 Å². The summed E-state index contributed by atoms with van der Waals surface area (Å²) in [6.07, 6.45) is 1.05. The molecule has 0 radical (unpaired) electrons. The maximum absolute atomic E-state index is 14.0. The van der Waals surface area contributed by atoms with Crippen molar-refractivity contribution >= 4 is 33.2 Å². The highest BCUT2D eigenvalue weighted by Gasteiger charge is 2.20. The number of benzene rings is 3. The summed E-state index contributed by atoms with van der Waals surface area (Å²) in [6.45, 7) is 0.404. The van der Waals surface area contributed by atoms with Gasteiger partial charge in [0.25, 0.3) is 5.91 Å². The van der Waals surface area contributed by atoms with E-state index in [1.165, 1.54) is 42.5 Å². The van der Waals surface area contributed by atoms with E-state index in [0.29, 0.717) is 22.0 Å². The van der Waals surface area contributed by atoms with Crippen molar-refractivity contribution in [3.05, 3.63) is 94.8 Å². The standard InChI is InChI=1S/C23H22ClFN2O4S/c1-32(29,30)27(16-18-4-2-3-5-22(18)25)20-10-6-17(7-11-20)23(28)26-14-15-31-21-12-8-19(24)9-13-21/h2-13H,14-16H2,1H3,(H,26,28). The second kappa shape index (κ2) is 10.5. The number of anilines is 1. The number of sulfonamides is 1. The molecule has 0 spiro atoms. The molecular weight excluding hydrogens is 455 g/mol. The zero-order chi connectivity index (χ0) is 23.1. The van der Waals surface area contributed by atoms with Crippen LogP contribution in [0.5, 0.6) is 5.75 Å². The largest absolute Gasteiger partial charge is 0.492 e. The summed E-state index contributed by atoms with van der Waals surface area (Å²) < 4.78 is 45.2. The number of nitrogens with zero attached hydrogens (tertiary/aromatic N) is 1. The van der Waals surface area contributed by atoms with Gasteiger partial charge in [-0.1, -0.05) is 29.8 Å². The summed E-state index contributed by atoms with van der Waals surface area (Å²) in [5.74, 6) is -0.169. The van der Waals surface area contributed by atoms with Crippen molar-refractivity contribution < 1.29 is 22.3 Å². The van der Waals surface area contributed by atoms with E-state index < -0.39 is 15.8 Å². The Morgan fingerprint density at radius 3 is 2.31 bits per heavy atom. The third-order valence-corrected chi connectivity index (χ3v) is 5.95. The average molecular weight is 477 g/mol. The fourth-order valence-electron chi connectivity index (χ4n) is 2.93. The second-order valence-corrected chi connectivity index (χ2v) is 9.31. The molecule has 0 aliphatic rings. The van der Waals surface area contributed by atoms with E-state index in [9.17, 15) is 17.6 Å². The molecule has 0 fully saturated rings. The van der Waals surface area contributed by atoms with Crippen LogP contribution < -0.4 is 14.4 Å². The van der Waals surface area contributed by atoms with Crippen molar-refractivity contribution in [3.8, 4) is 5.75 Å². The Morgan fingerprint density at radius 1 is 1.03 bits per heavy atom. The lowest BCUT2D eigenvalue weighted by Gasteiger charge is -2.23. The van der Waals surface area contributed by atoms with Gasteiger partial charge in [0.15, 0.2) is 0 Å². The van der Waals surface area contributed by atoms with Crippen molar-refractivity contribution in [3.63, 3.8) is 0 Å². The molecule has 6 nitrogen and oxygen atoms in total. The lowest BCUT2D eigenvalue weighted by Crippen LogP contribution is -2.30. The average Bonchev–Trinajstić information content (AvgIpc) is 2.76. The van der Waals surface area contributed by atoms with E-state index in [2.05, 4.69) is 5.32 Å². The molecule has 0 heterocycles. The molecule has 0 bridgehead atoms. The highest BCUT2D eigenvalue weighted by molar-refractivity contribution is 7.92. The molecule has 1 amide bonds. The van der Waals surface area contributed by atoms with Crippen LogP contribution in [0.3, 0.4) is 0 Å². The predicted molar refractivity (Wildman–Crippen MR) is 123 cm³/mol. The van der Waals surface area contributed by atoms with Gasteiger partial charge in [-0.15, -0.1) is 0 Å². The van der Waals surface area contributed by atoms with E-state index in [1.54, 1.807) is 30.3 Å². The van der Waals surface area contributed by atoms with Gasteiger partial charge < -0.3 is 10.1 Å². The molecule has 0 atom stereocenters. The summed E-state index contributed by atoms with van der Waals surface area (Å²) >= 11 is 5.82. The minimum Gasteiger partial charge on any atom is -0.492 e. The van der Waals surface area contributed by atoms with Gasteiger partial charge in [0.1, 0.15) is 18.2 Å². The zero-order valence-electron chi connectivity index (χ0n) is 17.3.